The summed E-state index contributed by atoms with van der Waals surface area (Å²) in [4.78, 5) is 13.3. The number of ketones is 1. The lowest BCUT2D eigenvalue weighted by Gasteiger charge is -2.18. The van der Waals surface area contributed by atoms with Crippen molar-refractivity contribution in [2.45, 2.75) is 20.3 Å². The average molecular weight is 503 g/mol. The molecule has 0 saturated carbocycles. The summed E-state index contributed by atoms with van der Waals surface area (Å²) in [7, 11) is 5.99. The van der Waals surface area contributed by atoms with Crippen molar-refractivity contribution >= 4 is 11.9 Å². The van der Waals surface area contributed by atoms with Crippen molar-refractivity contribution in [1.82, 2.24) is 0 Å². The molecule has 0 amide bonds. The number of methoxy groups -OCH3 is 4. The van der Waals surface area contributed by atoms with Crippen molar-refractivity contribution in [2.75, 3.05) is 48.8 Å². The zero-order valence-electron chi connectivity index (χ0n) is 21.6. The Morgan fingerprint density at radius 3 is 2.03 bits per heavy atom. The van der Waals surface area contributed by atoms with Gasteiger partial charge in [0.25, 0.3) is 0 Å². The van der Waals surface area contributed by atoms with Gasteiger partial charge in [-0.25, -0.2) is 0 Å². The van der Waals surface area contributed by atoms with Crippen molar-refractivity contribution < 1.29 is 43.1 Å². The van der Waals surface area contributed by atoms with Crippen LogP contribution in [0.15, 0.2) is 42.0 Å². The summed E-state index contributed by atoms with van der Waals surface area (Å²) in [6.07, 6.45) is 5.23. The van der Waals surface area contributed by atoms with Gasteiger partial charge in [0.2, 0.25) is 0 Å². The molecule has 196 valence electrons. The Hall–Kier alpha value is -3.53. The first-order valence-corrected chi connectivity index (χ1v) is 11.1. The van der Waals surface area contributed by atoms with Gasteiger partial charge in [0.15, 0.2) is 37.7 Å². The van der Waals surface area contributed by atoms with Gasteiger partial charge in [-0.1, -0.05) is 23.8 Å². The number of rotatable bonds is 15. The molecule has 36 heavy (non-hydrogen) atoms. The third kappa shape index (κ3) is 8.01. The molecule has 0 aromatic heterocycles. The second-order valence-corrected chi connectivity index (χ2v) is 7.82. The maximum Gasteiger partial charge on any atom is 0.193 e. The van der Waals surface area contributed by atoms with Gasteiger partial charge in [0, 0.05) is 33.0 Å². The molecule has 1 N–H and O–H groups in total. The van der Waals surface area contributed by atoms with Crippen LogP contribution in [0.3, 0.4) is 0 Å². The number of carbonyl (C=O) groups excluding carboxylic acids is 1. The number of phenols is 1. The summed E-state index contributed by atoms with van der Waals surface area (Å²) in [5, 5.41) is 11.2. The van der Waals surface area contributed by atoms with Gasteiger partial charge < -0.3 is 38.3 Å². The lowest BCUT2D eigenvalue weighted by atomic mass is 9.99. The second kappa shape index (κ2) is 14.8. The minimum Gasteiger partial charge on any atom is -0.507 e. The summed E-state index contributed by atoms with van der Waals surface area (Å²) in [5.41, 5.74) is 2.17. The molecular weight excluding hydrogens is 468 g/mol. The fraction of sp³-hybridized carbons (Fsp3) is 0.370. The fourth-order valence-corrected chi connectivity index (χ4v) is 3.18. The van der Waals surface area contributed by atoms with Crippen LogP contribution >= 0.6 is 0 Å². The van der Waals surface area contributed by atoms with E-state index in [1.54, 1.807) is 30.3 Å². The van der Waals surface area contributed by atoms with Gasteiger partial charge >= 0.3 is 0 Å². The number of benzene rings is 2. The van der Waals surface area contributed by atoms with Gasteiger partial charge in [-0.15, -0.1) is 0 Å². The predicted molar refractivity (Wildman–Crippen MR) is 135 cm³/mol. The van der Waals surface area contributed by atoms with E-state index in [0.717, 1.165) is 5.57 Å². The number of hydrogen-bond acceptors (Lipinski definition) is 9. The molecule has 9 nitrogen and oxygen atoms in total. The minimum absolute atomic E-state index is 0.00256. The van der Waals surface area contributed by atoms with Crippen LogP contribution in [0.2, 0.25) is 0 Å². The maximum absolute atomic E-state index is 13.3. The summed E-state index contributed by atoms with van der Waals surface area (Å²) >= 11 is 0. The normalized spacial score (nSPS) is 10.8. The topological polar surface area (TPSA) is 102 Å². The third-order valence-corrected chi connectivity index (χ3v) is 4.90. The molecule has 0 unspecified atom stereocenters. The smallest absolute Gasteiger partial charge is 0.193 e. The van der Waals surface area contributed by atoms with Crippen molar-refractivity contribution in [3.8, 4) is 28.7 Å². The van der Waals surface area contributed by atoms with E-state index in [9.17, 15) is 9.90 Å². The Balaban J connectivity index is 2.48. The molecule has 0 heterocycles. The molecule has 0 saturated heterocycles. The molecule has 0 bridgehead atoms. The highest BCUT2D eigenvalue weighted by Crippen LogP contribution is 2.40. The van der Waals surface area contributed by atoms with Gasteiger partial charge in [-0.2, -0.15) is 0 Å². The third-order valence-electron chi connectivity index (χ3n) is 4.90. The molecule has 2 aromatic carbocycles. The molecular formula is C27H34O9. The van der Waals surface area contributed by atoms with Crippen molar-refractivity contribution in [2.24, 2.45) is 0 Å². The maximum atomic E-state index is 13.3. The van der Waals surface area contributed by atoms with E-state index in [1.807, 2.05) is 19.9 Å². The number of allylic oxidation sites excluding steroid dienone is 3. The lowest BCUT2D eigenvalue weighted by Crippen LogP contribution is -2.09. The molecule has 0 aliphatic rings. The van der Waals surface area contributed by atoms with Crippen LogP contribution in [0, 0.1) is 0 Å². The fourth-order valence-electron chi connectivity index (χ4n) is 3.18. The lowest BCUT2D eigenvalue weighted by molar-refractivity contribution is 0.0449. The zero-order chi connectivity index (χ0) is 26.5. The van der Waals surface area contributed by atoms with Crippen LogP contribution in [0.25, 0.3) is 6.08 Å². The SMILES string of the molecule is COCOc1ccc(C=CC(=O)c2c(OCOC)cc(OCOC)c(CC=C(C)C)c2O)cc1OC. The van der Waals surface area contributed by atoms with Crippen molar-refractivity contribution in [3.63, 3.8) is 0 Å². The molecule has 9 heteroatoms. The van der Waals surface area contributed by atoms with Crippen LogP contribution in [-0.2, 0) is 20.6 Å². The van der Waals surface area contributed by atoms with Gasteiger partial charge in [-0.3, -0.25) is 4.79 Å². The number of carbonyl (C=O) groups is 1. The summed E-state index contributed by atoms with van der Waals surface area (Å²) < 4.78 is 37.0. The van der Waals surface area contributed by atoms with Gasteiger partial charge in [0.1, 0.15) is 22.8 Å². The minimum atomic E-state index is -0.464. The average Bonchev–Trinajstić information content (AvgIpc) is 2.87. The first-order valence-electron chi connectivity index (χ1n) is 11.1. The zero-order valence-corrected chi connectivity index (χ0v) is 21.6. The highest BCUT2D eigenvalue weighted by Gasteiger charge is 2.23. The Morgan fingerprint density at radius 1 is 0.833 bits per heavy atom. The highest BCUT2D eigenvalue weighted by atomic mass is 16.7. The van der Waals surface area contributed by atoms with Crippen LogP contribution in [0.1, 0.15) is 35.3 Å². The van der Waals surface area contributed by atoms with Gasteiger partial charge in [-0.05, 0) is 44.0 Å². The van der Waals surface area contributed by atoms with Crippen molar-refractivity contribution in [1.29, 1.82) is 0 Å². The van der Waals surface area contributed by atoms with E-state index >= 15 is 0 Å². The van der Waals surface area contributed by atoms with E-state index in [1.165, 1.54) is 34.5 Å². The van der Waals surface area contributed by atoms with E-state index in [0.29, 0.717) is 34.8 Å². The standard InChI is InChI=1S/C27H34O9/c1-18(2)7-10-20-23(35-16-31-4)14-25(36-17-32-5)26(27(20)29)21(28)11-8-19-9-12-22(34-15-30-3)24(13-19)33-6/h7-9,11-14,29H,10,15-17H2,1-6H3. The van der Waals surface area contributed by atoms with Crippen LogP contribution < -0.4 is 18.9 Å². The molecule has 0 aliphatic heterocycles. The van der Waals surface area contributed by atoms with Gasteiger partial charge in [0.05, 0.1) is 7.11 Å². The molecule has 2 rings (SSSR count). The Bertz CT molecular complexity index is 1070. The van der Waals surface area contributed by atoms with Crippen LogP contribution in [0.4, 0.5) is 0 Å². The van der Waals surface area contributed by atoms with Crippen LogP contribution in [0.5, 0.6) is 28.7 Å². The van der Waals surface area contributed by atoms with E-state index < -0.39 is 5.78 Å². The van der Waals surface area contributed by atoms with E-state index in [4.69, 9.17) is 33.2 Å². The highest BCUT2D eigenvalue weighted by molar-refractivity contribution is 6.11. The molecule has 0 spiro atoms. The number of aromatic hydroxyl groups is 1. The summed E-state index contributed by atoms with van der Waals surface area (Å²) in [5.74, 6) is 0.757. The molecule has 2 aromatic rings. The molecule has 0 aliphatic carbocycles. The monoisotopic (exact) mass is 502 g/mol. The van der Waals surface area contributed by atoms with E-state index in [-0.39, 0.29) is 37.4 Å². The largest absolute Gasteiger partial charge is 0.507 e. The quantitative estimate of drug-likeness (QED) is 0.160. The van der Waals surface area contributed by atoms with Crippen molar-refractivity contribution in [3.05, 3.63) is 58.7 Å². The molecule has 0 radical (unpaired) electrons. The Morgan fingerprint density at radius 2 is 1.44 bits per heavy atom. The number of phenolic OH excluding ortho intramolecular Hbond substituents is 1. The second-order valence-electron chi connectivity index (χ2n) is 7.82. The predicted octanol–water partition coefficient (Wildman–Crippen LogP) is 4.75. The number of ether oxygens (including phenoxy) is 7. The van der Waals surface area contributed by atoms with E-state index in [2.05, 4.69) is 0 Å². The first-order chi connectivity index (χ1) is 17.4. The number of hydrogen-bond donors (Lipinski definition) is 1. The first kappa shape index (κ1) is 28.7. The molecule has 0 fully saturated rings. The van der Waals surface area contributed by atoms with Crippen LogP contribution in [-0.4, -0.2) is 59.7 Å². The Kier molecular flexibility index (Phi) is 11.8. The Labute approximate surface area is 211 Å². The molecule has 0 atom stereocenters. The summed E-state index contributed by atoms with van der Waals surface area (Å²) in [6, 6.07) is 6.75. The summed E-state index contributed by atoms with van der Waals surface area (Å²) in [6.45, 7) is 3.80.